The lowest BCUT2D eigenvalue weighted by atomic mass is 10.1. The normalized spacial score (nSPS) is 13.5. The molecule has 68 valence electrons. The second kappa shape index (κ2) is 2.85. The Kier molecular flexibility index (Phi) is 1.81. The van der Waals surface area contributed by atoms with Crippen LogP contribution < -0.4 is 5.73 Å². The van der Waals surface area contributed by atoms with E-state index in [1.165, 1.54) is 0 Å². The monoisotopic (exact) mass is 175 g/mol. The Morgan fingerprint density at radius 3 is 2.92 bits per heavy atom. The molecule has 0 saturated heterocycles. The molecular weight excluding hydrogens is 162 g/mol. The van der Waals surface area contributed by atoms with Gasteiger partial charge in [0.15, 0.2) is 0 Å². The molecule has 0 aliphatic carbocycles. The summed E-state index contributed by atoms with van der Waals surface area (Å²) in [5.41, 5.74) is 8.08. The Morgan fingerprint density at radius 2 is 2.23 bits per heavy atom. The van der Waals surface area contributed by atoms with E-state index in [2.05, 4.69) is 23.3 Å². The first-order valence-electron chi connectivity index (χ1n) is 4.36. The van der Waals surface area contributed by atoms with Gasteiger partial charge < -0.3 is 5.73 Å². The van der Waals surface area contributed by atoms with Crippen LogP contribution >= 0.6 is 0 Å². The second-order valence-corrected chi connectivity index (χ2v) is 3.38. The standard InChI is InChI=1S/C10H13N3/c1-7(11)8-3-4-9-6-12-13(2)10(9)5-8/h3-7H,11H2,1-2H3/t7-/m1/s1. The molecule has 0 radical (unpaired) electrons. The van der Waals surface area contributed by atoms with Crippen molar-refractivity contribution in [1.82, 2.24) is 9.78 Å². The Labute approximate surface area is 77.2 Å². The summed E-state index contributed by atoms with van der Waals surface area (Å²) in [4.78, 5) is 0. The van der Waals surface area contributed by atoms with Crippen molar-refractivity contribution in [2.75, 3.05) is 0 Å². The van der Waals surface area contributed by atoms with Crippen LogP contribution in [0.3, 0.4) is 0 Å². The molecule has 13 heavy (non-hydrogen) atoms. The summed E-state index contributed by atoms with van der Waals surface area (Å²) in [5.74, 6) is 0. The van der Waals surface area contributed by atoms with Crippen LogP contribution in [-0.4, -0.2) is 9.78 Å². The lowest BCUT2D eigenvalue weighted by Crippen LogP contribution is -2.04. The average Bonchev–Trinajstić information content (AvgIpc) is 2.47. The Hall–Kier alpha value is -1.35. The summed E-state index contributed by atoms with van der Waals surface area (Å²) in [6.45, 7) is 1.98. The summed E-state index contributed by atoms with van der Waals surface area (Å²) in [7, 11) is 1.94. The predicted octanol–water partition coefficient (Wildman–Crippen LogP) is 1.59. The molecule has 3 nitrogen and oxygen atoms in total. The first kappa shape index (κ1) is 8.26. The number of hydrogen-bond donors (Lipinski definition) is 1. The van der Waals surface area contributed by atoms with Gasteiger partial charge in [-0.05, 0) is 18.6 Å². The van der Waals surface area contributed by atoms with Crippen LogP contribution in [0.15, 0.2) is 24.4 Å². The van der Waals surface area contributed by atoms with Gasteiger partial charge >= 0.3 is 0 Å². The van der Waals surface area contributed by atoms with Crippen LogP contribution in [0.1, 0.15) is 18.5 Å². The van der Waals surface area contributed by atoms with E-state index in [-0.39, 0.29) is 6.04 Å². The van der Waals surface area contributed by atoms with Crippen molar-refractivity contribution in [1.29, 1.82) is 0 Å². The number of hydrogen-bond acceptors (Lipinski definition) is 2. The Morgan fingerprint density at radius 1 is 1.46 bits per heavy atom. The zero-order valence-corrected chi connectivity index (χ0v) is 7.86. The molecule has 2 aromatic rings. The van der Waals surface area contributed by atoms with Gasteiger partial charge in [-0.25, -0.2) is 0 Å². The average molecular weight is 175 g/mol. The smallest absolute Gasteiger partial charge is 0.0682 e. The van der Waals surface area contributed by atoms with E-state index < -0.39 is 0 Å². The molecule has 0 aliphatic rings. The molecule has 2 N–H and O–H groups in total. The minimum atomic E-state index is 0.0827. The zero-order valence-electron chi connectivity index (χ0n) is 7.86. The van der Waals surface area contributed by atoms with Gasteiger partial charge in [0.2, 0.25) is 0 Å². The number of nitrogens with zero attached hydrogens (tertiary/aromatic N) is 2. The summed E-state index contributed by atoms with van der Waals surface area (Å²) in [5, 5.41) is 5.33. The maximum Gasteiger partial charge on any atom is 0.0682 e. The maximum absolute atomic E-state index is 5.79. The zero-order chi connectivity index (χ0) is 9.42. The lowest BCUT2D eigenvalue weighted by Gasteiger charge is -2.05. The molecule has 0 unspecified atom stereocenters. The summed E-state index contributed by atoms with van der Waals surface area (Å²) in [6.07, 6.45) is 1.86. The Bertz CT molecular complexity index is 429. The SMILES string of the molecule is C[C@@H](N)c1ccc2cnn(C)c2c1. The highest BCUT2D eigenvalue weighted by atomic mass is 15.2. The molecule has 0 bridgehead atoms. The third-order valence-corrected chi connectivity index (χ3v) is 2.30. The number of aromatic nitrogens is 2. The number of fused-ring (bicyclic) bond motifs is 1. The molecule has 2 rings (SSSR count). The molecule has 0 fully saturated rings. The number of aryl methyl sites for hydroxylation is 1. The molecule has 3 heteroatoms. The molecule has 0 aliphatic heterocycles. The molecule has 1 aromatic heterocycles. The third-order valence-electron chi connectivity index (χ3n) is 2.30. The van der Waals surface area contributed by atoms with E-state index in [9.17, 15) is 0 Å². The lowest BCUT2D eigenvalue weighted by molar-refractivity contribution is 0.790. The summed E-state index contributed by atoms with van der Waals surface area (Å²) >= 11 is 0. The number of nitrogens with two attached hydrogens (primary N) is 1. The van der Waals surface area contributed by atoms with Crippen LogP contribution in [0.5, 0.6) is 0 Å². The van der Waals surface area contributed by atoms with Crippen molar-refractivity contribution in [3.63, 3.8) is 0 Å². The van der Waals surface area contributed by atoms with E-state index in [0.717, 1.165) is 16.5 Å². The highest BCUT2D eigenvalue weighted by Gasteiger charge is 2.03. The first-order valence-corrected chi connectivity index (χ1v) is 4.36. The summed E-state index contributed by atoms with van der Waals surface area (Å²) < 4.78 is 1.86. The number of benzene rings is 1. The molecular formula is C10H13N3. The minimum absolute atomic E-state index is 0.0827. The second-order valence-electron chi connectivity index (χ2n) is 3.38. The van der Waals surface area contributed by atoms with Crippen LogP contribution in [0.25, 0.3) is 10.9 Å². The van der Waals surface area contributed by atoms with E-state index in [1.54, 1.807) is 0 Å². The fourth-order valence-electron chi connectivity index (χ4n) is 1.44. The van der Waals surface area contributed by atoms with Gasteiger partial charge in [0.1, 0.15) is 0 Å². The largest absolute Gasteiger partial charge is 0.324 e. The minimum Gasteiger partial charge on any atom is -0.324 e. The van der Waals surface area contributed by atoms with Gasteiger partial charge in [-0.2, -0.15) is 5.10 Å². The Balaban J connectivity index is 2.66. The van der Waals surface area contributed by atoms with E-state index in [4.69, 9.17) is 5.73 Å². The molecule has 1 atom stereocenters. The fraction of sp³-hybridized carbons (Fsp3) is 0.300. The fourth-order valence-corrected chi connectivity index (χ4v) is 1.44. The van der Waals surface area contributed by atoms with Gasteiger partial charge in [-0.15, -0.1) is 0 Å². The predicted molar refractivity (Wildman–Crippen MR) is 53.3 cm³/mol. The van der Waals surface area contributed by atoms with Gasteiger partial charge in [0.25, 0.3) is 0 Å². The third kappa shape index (κ3) is 1.31. The summed E-state index contributed by atoms with van der Waals surface area (Å²) in [6, 6.07) is 6.28. The van der Waals surface area contributed by atoms with Crippen molar-refractivity contribution in [3.05, 3.63) is 30.0 Å². The molecule has 1 aromatic carbocycles. The van der Waals surface area contributed by atoms with Crippen molar-refractivity contribution >= 4 is 10.9 Å². The van der Waals surface area contributed by atoms with Crippen LogP contribution in [0.4, 0.5) is 0 Å². The maximum atomic E-state index is 5.79. The van der Waals surface area contributed by atoms with Gasteiger partial charge in [0.05, 0.1) is 11.7 Å². The van der Waals surface area contributed by atoms with Gasteiger partial charge in [-0.1, -0.05) is 12.1 Å². The molecule has 0 saturated carbocycles. The van der Waals surface area contributed by atoms with Crippen LogP contribution in [0.2, 0.25) is 0 Å². The molecule has 1 heterocycles. The van der Waals surface area contributed by atoms with E-state index >= 15 is 0 Å². The van der Waals surface area contributed by atoms with Crippen molar-refractivity contribution in [2.45, 2.75) is 13.0 Å². The highest BCUT2D eigenvalue weighted by molar-refractivity contribution is 5.79. The van der Waals surface area contributed by atoms with Crippen LogP contribution in [-0.2, 0) is 7.05 Å². The van der Waals surface area contributed by atoms with Crippen molar-refractivity contribution in [2.24, 2.45) is 12.8 Å². The van der Waals surface area contributed by atoms with Crippen molar-refractivity contribution in [3.8, 4) is 0 Å². The molecule has 0 amide bonds. The first-order chi connectivity index (χ1) is 6.18. The van der Waals surface area contributed by atoms with Crippen LogP contribution in [0, 0.1) is 0 Å². The topological polar surface area (TPSA) is 43.8 Å². The quantitative estimate of drug-likeness (QED) is 0.715. The molecule has 0 spiro atoms. The van der Waals surface area contributed by atoms with E-state index in [0.29, 0.717) is 0 Å². The number of rotatable bonds is 1. The van der Waals surface area contributed by atoms with Crippen molar-refractivity contribution < 1.29 is 0 Å². The highest BCUT2D eigenvalue weighted by Crippen LogP contribution is 2.18. The van der Waals surface area contributed by atoms with Gasteiger partial charge in [-0.3, -0.25) is 4.68 Å². The van der Waals surface area contributed by atoms with E-state index in [1.807, 2.05) is 24.9 Å². The van der Waals surface area contributed by atoms with Gasteiger partial charge in [0, 0.05) is 18.5 Å².